The number of amides is 1. The van der Waals surface area contributed by atoms with Crippen LogP contribution in [0.1, 0.15) is 23.2 Å². The molecule has 0 spiro atoms. The summed E-state index contributed by atoms with van der Waals surface area (Å²) in [6, 6.07) is 15.2. The van der Waals surface area contributed by atoms with Gasteiger partial charge in [-0.25, -0.2) is 4.98 Å². The Morgan fingerprint density at radius 2 is 2.00 bits per heavy atom. The largest absolute Gasteiger partial charge is 0.310 e. The highest BCUT2D eigenvalue weighted by molar-refractivity contribution is 5.91. The van der Waals surface area contributed by atoms with E-state index in [4.69, 9.17) is 5.26 Å². The molecule has 0 aliphatic rings. The van der Waals surface area contributed by atoms with Gasteiger partial charge in [0.05, 0.1) is 5.56 Å². The second-order valence-electron chi connectivity index (χ2n) is 4.49. The Hall–Kier alpha value is -2.67. The van der Waals surface area contributed by atoms with Gasteiger partial charge in [0, 0.05) is 12.1 Å². The van der Waals surface area contributed by atoms with Crippen molar-refractivity contribution >= 4 is 11.7 Å². The minimum absolute atomic E-state index is 0.136. The molecule has 0 aliphatic carbocycles. The molecule has 20 heavy (non-hydrogen) atoms. The van der Waals surface area contributed by atoms with Crippen LogP contribution in [0.15, 0.2) is 42.5 Å². The van der Waals surface area contributed by atoms with Crippen LogP contribution in [0, 0.1) is 18.3 Å². The van der Waals surface area contributed by atoms with Crippen LogP contribution in [0.4, 0.5) is 5.82 Å². The molecular weight excluding hydrogens is 250 g/mol. The van der Waals surface area contributed by atoms with Crippen molar-refractivity contribution in [3.63, 3.8) is 0 Å². The first-order valence-corrected chi connectivity index (χ1v) is 6.40. The molecule has 1 aromatic carbocycles. The third-order valence-electron chi connectivity index (χ3n) is 2.90. The number of anilines is 1. The van der Waals surface area contributed by atoms with Gasteiger partial charge < -0.3 is 5.32 Å². The Morgan fingerprint density at radius 3 is 2.70 bits per heavy atom. The van der Waals surface area contributed by atoms with Gasteiger partial charge >= 0.3 is 0 Å². The van der Waals surface area contributed by atoms with Gasteiger partial charge in [-0.05, 0) is 31.0 Å². The van der Waals surface area contributed by atoms with Crippen molar-refractivity contribution in [1.29, 1.82) is 5.26 Å². The van der Waals surface area contributed by atoms with Crippen molar-refractivity contribution < 1.29 is 4.79 Å². The van der Waals surface area contributed by atoms with E-state index >= 15 is 0 Å². The standard InChI is InChI=1S/C16H15N3O/c1-12-7-9-14(11-17)16(18-12)19-15(20)10-8-13-5-3-2-4-6-13/h2-7,9H,8,10H2,1H3,(H,18,19,20). The molecule has 0 fully saturated rings. The molecule has 0 radical (unpaired) electrons. The molecule has 2 rings (SSSR count). The van der Waals surface area contributed by atoms with Crippen LogP contribution in [0.3, 0.4) is 0 Å². The molecule has 1 heterocycles. The van der Waals surface area contributed by atoms with Crippen molar-refractivity contribution in [1.82, 2.24) is 4.98 Å². The summed E-state index contributed by atoms with van der Waals surface area (Å²) in [4.78, 5) is 16.1. The quantitative estimate of drug-likeness (QED) is 0.924. The first-order valence-electron chi connectivity index (χ1n) is 6.40. The topological polar surface area (TPSA) is 65.8 Å². The van der Waals surface area contributed by atoms with Crippen molar-refractivity contribution in [2.75, 3.05) is 5.32 Å². The number of carbonyl (C=O) groups excluding carboxylic acids is 1. The number of benzene rings is 1. The van der Waals surface area contributed by atoms with Crippen LogP contribution < -0.4 is 5.32 Å². The summed E-state index contributed by atoms with van der Waals surface area (Å²) in [5.74, 6) is 0.203. The lowest BCUT2D eigenvalue weighted by Gasteiger charge is -2.07. The summed E-state index contributed by atoms with van der Waals surface area (Å²) in [7, 11) is 0. The zero-order chi connectivity index (χ0) is 14.4. The molecule has 0 saturated heterocycles. The molecule has 1 N–H and O–H groups in total. The lowest BCUT2D eigenvalue weighted by atomic mass is 10.1. The second kappa shape index (κ2) is 6.48. The van der Waals surface area contributed by atoms with Crippen LogP contribution in [0.5, 0.6) is 0 Å². The first-order chi connectivity index (χ1) is 9.69. The van der Waals surface area contributed by atoms with Crippen molar-refractivity contribution in [3.05, 3.63) is 59.3 Å². The lowest BCUT2D eigenvalue weighted by Crippen LogP contribution is -2.14. The SMILES string of the molecule is Cc1ccc(C#N)c(NC(=O)CCc2ccccc2)n1. The molecule has 0 unspecified atom stereocenters. The summed E-state index contributed by atoms with van der Waals surface area (Å²) in [6.45, 7) is 1.82. The summed E-state index contributed by atoms with van der Waals surface area (Å²) >= 11 is 0. The average Bonchev–Trinajstić information content (AvgIpc) is 2.46. The zero-order valence-corrected chi connectivity index (χ0v) is 11.3. The van der Waals surface area contributed by atoms with Gasteiger partial charge in [0.15, 0.2) is 5.82 Å². The average molecular weight is 265 g/mol. The number of aromatic nitrogens is 1. The van der Waals surface area contributed by atoms with Crippen molar-refractivity contribution in [2.45, 2.75) is 19.8 Å². The maximum Gasteiger partial charge on any atom is 0.225 e. The number of nitrogens with one attached hydrogen (secondary N) is 1. The summed E-state index contributed by atoms with van der Waals surface area (Å²) < 4.78 is 0. The number of nitriles is 1. The fraction of sp³-hybridized carbons (Fsp3) is 0.188. The Labute approximate surface area is 118 Å². The van der Waals surface area contributed by atoms with E-state index < -0.39 is 0 Å². The fourth-order valence-electron chi connectivity index (χ4n) is 1.84. The smallest absolute Gasteiger partial charge is 0.225 e. The second-order valence-corrected chi connectivity index (χ2v) is 4.49. The Bertz CT molecular complexity index is 645. The number of nitrogens with zero attached hydrogens (tertiary/aromatic N) is 2. The molecule has 100 valence electrons. The molecule has 0 saturated carbocycles. The zero-order valence-electron chi connectivity index (χ0n) is 11.3. The van der Waals surface area contributed by atoms with Gasteiger partial charge in [0.1, 0.15) is 6.07 Å². The number of aryl methyl sites for hydroxylation is 2. The predicted octanol–water partition coefficient (Wildman–Crippen LogP) is 2.83. The molecule has 1 amide bonds. The van der Waals surface area contributed by atoms with Gasteiger partial charge in [0.2, 0.25) is 5.91 Å². The van der Waals surface area contributed by atoms with Gasteiger partial charge in [-0.1, -0.05) is 30.3 Å². The molecule has 2 aromatic rings. The van der Waals surface area contributed by atoms with Gasteiger partial charge in [-0.2, -0.15) is 5.26 Å². The van der Waals surface area contributed by atoms with Crippen LogP contribution in [-0.2, 0) is 11.2 Å². The van der Waals surface area contributed by atoms with E-state index in [9.17, 15) is 4.79 Å². The van der Waals surface area contributed by atoms with E-state index in [1.54, 1.807) is 12.1 Å². The molecule has 1 aromatic heterocycles. The number of hydrogen-bond donors (Lipinski definition) is 1. The van der Waals surface area contributed by atoms with Crippen LogP contribution in [0.25, 0.3) is 0 Å². The summed E-state index contributed by atoms with van der Waals surface area (Å²) in [5.41, 5.74) is 2.26. The van der Waals surface area contributed by atoms with Crippen LogP contribution in [0.2, 0.25) is 0 Å². The monoisotopic (exact) mass is 265 g/mol. The predicted molar refractivity (Wildman–Crippen MR) is 77.1 cm³/mol. The Morgan fingerprint density at radius 1 is 1.25 bits per heavy atom. The normalized spacial score (nSPS) is 9.80. The van der Waals surface area contributed by atoms with Gasteiger partial charge in [0.25, 0.3) is 0 Å². The number of pyridine rings is 1. The van der Waals surface area contributed by atoms with Crippen molar-refractivity contribution in [3.8, 4) is 6.07 Å². The minimum Gasteiger partial charge on any atom is -0.310 e. The molecule has 4 nitrogen and oxygen atoms in total. The molecular formula is C16H15N3O. The van der Waals surface area contributed by atoms with Crippen LogP contribution >= 0.6 is 0 Å². The van der Waals surface area contributed by atoms with E-state index in [1.807, 2.05) is 43.3 Å². The molecule has 0 bridgehead atoms. The molecule has 0 atom stereocenters. The Kier molecular flexibility index (Phi) is 4.46. The fourth-order valence-corrected chi connectivity index (χ4v) is 1.84. The van der Waals surface area contributed by atoms with Crippen molar-refractivity contribution in [2.24, 2.45) is 0 Å². The first kappa shape index (κ1) is 13.8. The maximum absolute atomic E-state index is 11.9. The van der Waals surface area contributed by atoms with E-state index in [2.05, 4.69) is 10.3 Å². The summed E-state index contributed by atoms with van der Waals surface area (Å²) in [6.07, 6.45) is 1.03. The molecule has 4 heteroatoms. The highest BCUT2D eigenvalue weighted by Gasteiger charge is 2.08. The number of rotatable bonds is 4. The van der Waals surface area contributed by atoms with E-state index in [0.29, 0.717) is 24.2 Å². The van der Waals surface area contributed by atoms with E-state index in [1.165, 1.54) is 0 Å². The maximum atomic E-state index is 11.9. The lowest BCUT2D eigenvalue weighted by molar-refractivity contribution is -0.116. The Balaban J connectivity index is 1.98. The number of hydrogen-bond acceptors (Lipinski definition) is 3. The van der Waals surface area contributed by atoms with Crippen LogP contribution in [-0.4, -0.2) is 10.9 Å². The number of carbonyl (C=O) groups is 1. The highest BCUT2D eigenvalue weighted by atomic mass is 16.1. The van der Waals surface area contributed by atoms with E-state index in [0.717, 1.165) is 11.3 Å². The minimum atomic E-state index is -0.136. The van der Waals surface area contributed by atoms with E-state index in [-0.39, 0.29) is 5.91 Å². The third-order valence-corrected chi connectivity index (χ3v) is 2.90. The van der Waals surface area contributed by atoms with Gasteiger partial charge in [-0.3, -0.25) is 4.79 Å². The highest BCUT2D eigenvalue weighted by Crippen LogP contribution is 2.13. The molecule has 0 aliphatic heterocycles. The summed E-state index contributed by atoms with van der Waals surface area (Å²) in [5, 5.41) is 11.7. The van der Waals surface area contributed by atoms with Gasteiger partial charge in [-0.15, -0.1) is 0 Å². The third kappa shape index (κ3) is 3.66.